The van der Waals surface area contributed by atoms with Crippen molar-refractivity contribution in [2.75, 3.05) is 18.4 Å². The molecule has 3 rings (SSSR count). The van der Waals surface area contributed by atoms with Crippen LogP contribution in [0.2, 0.25) is 0 Å². The Morgan fingerprint density at radius 1 is 1.33 bits per heavy atom. The van der Waals surface area contributed by atoms with Crippen LogP contribution in [0, 0.1) is 23.4 Å². The smallest absolute Gasteiger partial charge is 0.321 e. The number of urea groups is 1. The Hall–Kier alpha value is -2.51. The first-order valence-corrected chi connectivity index (χ1v) is 7.61. The fourth-order valence-corrected chi connectivity index (χ4v) is 2.91. The minimum atomic E-state index is -1.59. The Morgan fingerprint density at radius 2 is 2.12 bits per heavy atom. The molecule has 0 bridgehead atoms. The van der Waals surface area contributed by atoms with Crippen LogP contribution in [0.1, 0.15) is 12.0 Å². The lowest BCUT2D eigenvalue weighted by Crippen LogP contribution is -2.33. The van der Waals surface area contributed by atoms with Gasteiger partial charge in [-0.3, -0.25) is 4.68 Å². The molecule has 2 heterocycles. The van der Waals surface area contributed by atoms with Crippen LogP contribution in [-0.2, 0) is 13.5 Å². The summed E-state index contributed by atoms with van der Waals surface area (Å²) in [5.41, 5.74) is 0.728. The van der Waals surface area contributed by atoms with Gasteiger partial charge in [-0.1, -0.05) is 0 Å². The van der Waals surface area contributed by atoms with E-state index in [0.717, 1.165) is 30.5 Å². The van der Waals surface area contributed by atoms with Crippen LogP contribution in [0.3, 0.4) is 0 Å². The summed E-state index contributed by atoms with van der Waals surface area (Å²) in [6, 6.07) is 1.27. The highest BCUT2D eigenvalue weighted by atomic mass is 19.2. The highest BCUT2D eigenvalue weighted by Gasteiger charge is 2.27. The summed E-state index contributed by atoms with van der Waals surface area (Å²) in [6.45, 7) is 1.05. The van der Waals surface area contributed by atoms with E-state index in [0.29, 0.717) is 13.1 Å². The predicted octanol–water partition coefficient (Wildman–Crippen LogP) is 2.93. The number of aryl methyl sites for hydroxylation is 1. The first kappa shape index (κ1) is 16.4. The average Bonchev–Trinajstić information content (AvgIpc) is 3.17. The third-order valence-corrected chi connectivity index (χ3v) is 4.13. The molecule has 0 aliphatic carbocycles. The number of anilines is 1. The fourth-order valence-electron chi connectivity index (χ4n) is 2.91. The van der Waals surface area contributed by atoms with E-state index in [4.69, 9.17) is 0 Å². The second kappa shape index (κ2) is 6.54. The summed E-state index contributed by atoms with van der Waals surface area (Å²) in [4.78, 5) is 13.7. The van der Waals surface area contributed by atoms with Gasteiger partial charge in [-0.2, -0.15) is 5.10 Å². The van der Waals surface area contributed by atoms with Gasteiger partial charge in [-0.25, -0.2) is 18.0 Å². The van der Waals surface area contributed by atoms with Gasteiger partial charge in [0.25, 0.3) is 0 Å². The average molecular weight is 338 g/mol. The molecule has 1 fully saturated rings. The summed E-state index contributed by atoms with van der Waals surface area (Å²) in [5, 5.41) is 6.41. The zero-order valence-electron chi connectivity index (χ0n) is 13.1. The van der Waals surface area contributed by atoms with Gasteiger partial charge in [0.1, 0.15) is 0 Å². The molecule has 1 unspecified atom stereocenters. The van der Waals surface area contributed by atoms with Crippen molar-refractivity contribution in [1.29, 1.82) is 0 Å². The molecule has 1 N–H and O–H groups in total. The first-order valence-electron chi connectivity index (χ1n) is 7.61. The highest BCUT2D eigenvalue weighted by Crippen LogP contribution is 2.23. The van der Waals surface area contributed by atoms with E-state index < -0.39 is 23.5 Å². The van der Waals surface area contributed by atoms with E-state index in [1.165, 1.54) is 0 Å². The Labute approximate surface area is 137 Å². The number of hydrogen-bond acceptors (Lipinski definition) is 2. The van der Waals surface area contributed by atoms with Gasteiger partial charge in [0.15, 0.2) is 17.5 Å². The number of carbonyl (C=O) groups excluding carboxylic acids is 1. The third kappa shape index (κ3) is 3.37. The molecule has 0 spiro atoms. The van der Waals surface area contributed by atoms with Crippen molar-refractivity contribution in [3.05, 3.63) is 47.5 Å². The molecule has 8 heteroatoms. The second-order valence-corrected chi connectivity index (χ2v) is 5.98. The van der Waals surface area contributed by atoms with Crippen molar-refractivity contribution in [3.63, 3.8) is 0 Å². The van der Waals surface area contributed by atoms with Gasteiger partial charge >= 0.3 is 6.03 Å². The number of halogens is 3. The van der Waals surface area contributed by atoms with Crippen LogP contribution in [0.5, 0.6) is 0 Å². The monoisotopic (exact) mass is 338 g/mol. The number of nitrogens with one attached hydrogen (secondary N) is 1. The molecule has 1 saturated heterocycles. The van der Waals surface area contributed by atoms with Crippen LogP contribution in [0.15, 0.2) is 24.5 Å². The number of amides is 2. The van der Waals surface area contributed by atoms with E-state index in [-0.39, 0.29) is 11.6 Å². The lowest BCUT2D eigenvalue weighted by molar-refractivity contribution is 0.220. The third-order valence-electron chi connectivity index (χ3n) is 4.13. The maximum Gasteiger partial charge on any atom is 0.321 e. The lowest BCUT2D eigenvalue weighted by atomic mass is 10.0. The molecule has 1 aromatic heterocycles. The molecule has 24 heavy (non-hydrogen) atoms. The van der Waals surface area contributed by atoms with Crippen molar-refractivity contribution in [1.82, 2.24) is 14.7 Å². The molecule has 1 atom stereocenters. The molecule has 1 aliphatic heterocycles. The zero-order chi connectivity index (χ0) is 17.3. The maximum atomic E-state index is 13.6. The first-order chi connectivity index (χ1) is 11.4. The number of aromatic nitrogens is 2. The number of carbonyl (C=O) groups is 1. The number of benzene rings is 1. The standard InChI is InChI=1S/C16H17F3N4O/c1-22-8-11(7-20-22)6-10-4-5-23(9-10)16(24)21-13-3-2-12(17)14(18)15(13)19/h2-3,7-8,10H,4-6,9H2,1H3,(H,21,24). The summed E-state index contributed by atoms with van der Waals surface area (Å²) in [6.07, 6.45) is 5.35. The highest BCUT2D eigenvalue weighted by molar-refractivity contribution is 5.89. The fraction of sp³-hybridized carbons (Fsp3) is 0.375. The molecule has 0 saturated carbocycles. The van der Waals surface area contributed by atoms with Crippen LogP contribution < -0.4 is 5.32 Å². The topological polar surface area (TPSA) is 50.2 Å². The number of hydrogen-bond donors (Lipinski definition) is 1. The van der Waals surface area contributed by atoms with Crippen molar-refractivity contribution in [2.24, 2.45) is 13.0 Å². The largest absolute Gasteiger partial charge is 0.324 e. The Bertz CT molecular complexity index is 762. The van der Waals surface area contributed by atoms with E-state index in [9.17, 15) is 18.0 Å². The van der Waals surface area contributed by atoms with Crippen LogP contribution in [-0.4, -0.2) is 33.8 Å². The molecule has 128 valence electrons. The zero-order valence-corrected chi connectivity index (χ0v) is 13.1. The van der Waals surface area contributed by atoms with Crippen molar-refractivity contribution in [3.8, 4) is 0 Å². The molecular formula is C16H17F3N4O. The molecule has 1 aromatic carbocycles. The van der Waals surface area contributed by atoms with Crippen molar-refractivity contribution in [2.45, 2.75) is 12.8 Å². The van der Waals surface area contributed by atoms with Crippen molar-refractivity contribution >= 4 is 11.7 Å². The van der Waals surface area contributed by atoms with Crippen LogP contribution in [0.25, 0.3) is 0 Å². The number of nitrogens with zero attached hydrogens (tertiary/aromatic N) is 3. The minimum Gasteiger partial charge on any atom is -0.324 e. The van der Waals surface area contributed by atoms with E-state index in [1.807, 2.05) is 13.2 Å². The lowest BCUT2D eigenvalue weighted by Gasteiger charge is -2.17. The van der Waals surface area contributed by atoms with E-state index >= 15 is 0 Å². The molecule has 0 radical (unpaired) electrons. The molecule has 1 aliphatic rings. The quantitative estimate of drug-likeness (QED) is 0.875. The summed E-state index contributed by atoms with van der Waals surface area (Å²) < 4.78 is 41.5. The van der Waals surface area contributed by atoms with Crippen LogP contribution in [0.4, 0.5) is 23.7 Å². The van der Waals surface area contributed by atoms with E-state index in [2.05, 4.69) is 10.4 Å². The number of rotatable bonds is 3. The maximum absolute atomic E-state index is 13.6. The van der Waals surface area contributed by atoms with Gasteiger partial charge in [-0.05, 0) is 36.5 Å². The minimum absolute atomic E-state index is 0.287. The van der Waals surface area contributed by atoms with Gasteiger partial charge < -0.3 is 10.2 Å². The second-order valence-electron chi connectivity index (χ2n) is 5.98. The number of likely N-dealkylation sites (tertiary alicyclic amines) is 1. The van der Waals surface area contributed by atoms with Gasteiger partial charge in [0.05, 0.1) is 11.9 Å². The Balaban J connectivity index is 1.59. The van der Waals surface area contributed by atoms with Crippen molar-refractivity contribution < 1.29 is 18.0 Å². The summed E-state index contributed by atoms with van der Waals surface area (Å²) >= 11 is 0. The molecular weight excluding hydrogens is 321 g/mol. The van der Waals surface area contributed by atoms with E-state index in [1.54, 1.807) is 15.8 Å². The molecule has 2 amide bonds. The van der Waals surface area contributed by atoms with Crippen LogP contribution >= 0.6 is 0 Å². The predicted molar refractivity (Wildman–Crippen MR) is 81.9 cm³/mol. The Morgan fingerprint density at radius 3 is 2.83 bits per heavy atom. The normalized spacial score (nSPS) is 17.3. The summed E-state index contributed by atoms with van der Waals surface area (Å²) in [7, 11) is 1.84. The van der Waals surface area contributed by atoms with Gasteiger partial charge in [0.2, 0.25) is 0 Å². The van der Waals surface area contributed by atoms with Gasteiger partial charge in [-0.15, -0.1) is 0 Å². The SMILES string of the molecule is Cn1cc(CC2CCN(C(=O)Nc3ccc(F)c(F)c3F)C2)cn1. The summed E-state index contributed by atoms with van der Waals surface area (Å²) in [5.74, 6) is -3.99. The molecule has 2 aromatic rings. The molecule has 5 nitrogen and oxygen atoms in total. The Kier molecular flexibility index (Phi) is 4.46. The van der Waals surface area contributed by atoms with Gasteiger partial charge in [0, 0.05) is 26.3 Å².